The zero-order chi connectivity index (χ0) is 19.5. The molecule has 26 heavy (non-hydrogen) atoms. The average molecular weight is 376 g/mol. The minimum absolute atomic E-state index is 0.0859. The Bertz CT molecular complexity index is 888. The number of carboxylic acids is 1. The molecule has 1 atom stereocenters. The van der Waals surface area contributed by atoms with Gasteiger partial charge in [0.05, 0.1) is 11.3 Å². The Balaban J connectivity index is 2.45. The zero-order valence-electron chi connectivity index (χ0n) is 15.3. The van der Waals surface area contributed by atoms with Gasteiger partial charge in [-0.1, -0.05) is 30.3 Å². The third kappa shape index (κ3) is 5.06. The summed E-state index contributed by atoms with van der Waals surface area (Å²) in [6.07, 6.45) is 0. The molecule has 6 nitrogen and oxygen atoms in total. The number of hydrogen-bond acceptors (Lipinski definition) is 4. The number of nitrogens with one attached hydrogen (secondary N) is 2. The van der Waals surface area contributed by atoms with Crippen LogP contribution in [-0.4, -0.2) is 25.0 Å². The van der Waals surface area contributed by atoms with Gasteiger partial charge in [-0.2, -0.15) is 0 Å². The number of sulfonamides is 1. The van der Waals surface area contributed by atoms with Gasteiger partial charge in [0.2, 0.25) is 10.0 Å². The number of benzene rings is 2. The lowest BCUT2D eigenvalue weighted by Crippen LogP contribution is -2.31. The summed E-state index contributed by atoms with van der Waals surface area (Å²) in [4.78, 5) is 11.2. The molecule has 0 saturated carbocycles. The summed E-state index contributed by atoms with van der Waals surface area (Å²) >= 11 is 0. The Morgan fingerprint density at radius 1 is 1.08 bits per heavy atom. The molecule has 0 amide bonds. The number of rotatable bonds is 6. The van der Waals surface area contributed by atoms with Crippen LogP contribution in [0.25, 0.3) is 0 Å². The van der Waals surface area contributed by atoms with Crippen LogP contribution in [0.4, 0.5) is 5.69 Å². The minimum atomic E-state index is -3.94. The molecule has 2 aromatic rings. The summed E-state index contributed by atoms with van der Waals surface area (Å²) in [6.45, 7) is 7.43. The quantitative estimate of drug-likeness (QED) is 0.715. The van der Waals surface area contributed by atoms with Gasteiger partial charge in [-0.15, -0.1) is 0 Å². The van der Waals surface area contributed by atoms with Gasteiger partial charge in [-0.3, -0.25) is 0 Å². The molecule has 0 aliphatic rings. The second-order valence-corrected chi connectivity index (χ2v) is 8.83. The summed E-state index contributed by atoms with van der Waals surface area (Å²) in [5, 5.41) is 12.3. The highest BCUT2D eigenvalue weighted by atomic mass is 32.2. The molecule has 7 heteroatoms. The number of carboxylic acid groups (broad SMARTS) is 1. The van der Waals surface area contributed by atoms with Gasteiger partial charge in [0.15, 0.2) is 0 Å². The molecule has 140 valence electrons. The van der Waals surface area contributed by atoms with E-state index in [9.17, 15) is 18.3 Å². The molecule has 2 rings (SSSR count). The predicted molar refractivity (Wildman–Crippen MR) is 102 cm³/mol. The highest BCUT2D eigenvalue weighted by Crippen LogP contribution is 2.27. The minimum Gasteiger partial charge on any atom is -0.478 e. The van der Waals surface area contributed by atoms with Crippen molar-refractivity contribution in [3.63, 3.8) is 0 Å². The molecule has 0 aliphatic heterocycles. The second kappa shape index (κ2) is 7.47. The SMILES string of the molecule is C[C@@H](NS(=O)(=O)c1cc(C(=O)O)ccc1NC(C)(C)C)c1ccccc1. The third-order valence-electron chi connectivity index (χ3n) is 3.66. The lowest BCUT2D eigenvalue weighted by molar-refractivity contribution is 0.0696. The maximum absolute atomic E-state index is 13.0. The van der Waals surface area contributed by atoms with E-state index in [1.165, 1.54) is 18.2 Å². The number of hydrogen-bond donors (Lipinski definition) is 3. The Kier molecular flexibility index (Phi) is 5.73. The molecule has 3 N–H and O–H groups in total. The van der Waals surface area contributed by atoms with E-state index in [0.717, 1.165) is 5.56 Å². The van der Waals surface area contributed by atoms with E-state index < -0.39 is 22.0 Å². The van der Waals surface area contributed by atoms with Crippen LogP contribution in [0.1, 0.15) is 49.7 Å². The van der Waals surface area contributed by atoms with Crippen molar-refractivity contribution in [3.05, 3.63) is 59.7 Å². The molecule has 2 aromatic carbocycles. The van der Waals surface area contributed by atoms with Crippen molar-refractivity contribution in [2.75, 3.05) is 5.32 Å². The van der Waals surface area contributed by atoms with Crippen molar-refractivity contribution in [2.24, 2.45) is 0 Å². The first-order valence-corrected chi connectivity index (χ1v) is 9.71. The van der Waals surface area contributed by atoms with Crippen LogP contribution in [0.3, 0.4) is 0 Å². The monoisotopic (exact) mass is 376 g/mol. The fourth-order valence-electron chi connectivity index (χ4n) is 2.49. The first-order valence-electron chi connectivity index (χ1n) is 8.22. The van der Waals surface area contributed by atoms with E-state index in [2.05, 4.69) is 10.0 Å². The molecule has 0 spiro atoms. The highest BCUT2D eigenvalue weighted by Gasteiger charge is 2.25. The van der Waals surface area contributed by atoms with Crippen molar-refractivity contribution < 1.29 is 18.3 Å². The number of anilines is 1. The lowest BCUT2D eigenvalue weighted by atomic mass is 10.1. The van der Waals surface area contributed by atoms with Crippen LogP contribution in [0.5, 0.6) is 0 Å². The fourth-order valence-corrected chi connectivity index (χ4v) is 3.91. The summed E-state index contributed by atoms with van der Waals surface area (Å²) in [7, 11) is -3.94. The second-order valence-electron chi connectivity index (χ2n) is 7.14. The molecular formula is C19H24N2O4S. The first kappa shape index (κ1) is 19.9. The molecule has 0 saturated heterocycles. The van der Waals surface area contributed by atoms with Gasteiger partial charge in [0.1, 0.15) is 4.90 Å². The summed E-state index contributed by atoms with van der Waals surface area (Å²) in [5.74, 6) is -1.18. The zero-order valence-corrected chi connectivity index (χ0v) is 16.1. The van der Waals surface area contributed by atoms with Gasteiger partial charge in [-0.05, 0) is 51.5 Å². The molecule has 0 unspecified atom stereocenters. The van der Waals surface area contributed by atoms with Crippen molar-refractivity contribution in [1.29, 1.82) is 0 Å². The third-order valence-corrected chi connectivity index (χ3v) is 5.24. The van der Waals surface area contributed by atoms with E-state index in [-0.39, 0.29) is 16.0 Å². The van der Waals surface area contributed by atoms with E-state index in [0.29, 0.717) is 5.69 Å². The predicted octanol–water partition coefficient (Wildman–Crippen LogP) is 3.63. The van der Waals surface area contributed by atoms with Crippen molar-refractivity contribution in [3.8, 4) is 0 Å². The lowest BCUT2D eigenvalue weighted by Gasteiger charge is -2.25. The molecular weight excluding hydrogens is 352 g/mol. The van der Waals surface area contributed by atoms with Crippen LogP contribution in [0.15, 0.2) is 53.4 Å². The smallest absolute Gasteiger partial charge is 0.335 e. The van der Waals surface area contributed by atoms with Crippen LogP contribution in [0, 0.1) is 0 Å². The Hall–Kier alpha value is -2.38. The van der Waals surface area contributed by atoms with E-state index in [4.69, 9.17) is 0 Å². The maximum atomic E-state index is 13.0. The molecule has 0 fully saturated rings. The first-order chi connectivity index (χ1) is 12.0. The maximum Gasteiger partial charge on any atom is 0.335 e. The molecule has 0 aliphatic carbocycles. The summed E-state index contributed by atoms with van der Waals surface area (Å²) in [5.41, 5.74) is 0.698. The highest BCUT2D eigenvalue weighted by molar-refractivity contribution is 7.89. The Morgan fingerprint density at radius 3 is 2.23 bits per heavy atom. The molecule has 0 aromatic heterocycles. The Morgan fingerprint density at radius 2 is 1.69 bits per heavy atom. The van der Waals surface area contributed by atoms with E-state index in [1.807, 2.05) is 51.1 Å². The van der Waals surface area contributed by atoms with Crippen molar-refractivity contribution in [1.82, 2.24) is 4.72 Å². The Labute approximate surface area is 154 Å². The van der Waals surface area contributed by atoms with Gasteiger partial charge < -0.3 is 10.4 Å². The standard InChI is InChI=1S/C19H24N2O4S/c1-13(14-8-6-5-7-9-14)21-26(24,25)17-12-15(18(22)23)10-11-16(17)20-19(2,3)4/h5-13,20-21H,1-4H3,(H,22,23)/t13-/m1/s1. The van der Waals surface area contributed by atoms with Gasteiger partial charge in [-0.25, -0.2) is 17.9 Å². The topological polar surface area (TPSA) is 95.5 Å². The number of aromatic carboxylic acids is 1. The molecule has 0 bridgehead atoms. The van der Waals surface area contributed by atoms with Gasteiger partial charge in [0.25, 0.3) is 0 Å². The van der Waals surface area contributed by atoms with Crippen LogP contribution >= 0.6 is 0 Å². The molecule has 0 heterocycles. The van der Waals surface area contributed by atoms with Crippen LogP contribution in [-0.2, 0) is 10.0 Å². The van der Waals surface area contributed by atoms with Crippen molar-refractivity contribution >= 4 is 21.7 Å². The van der Waals surface area contributed by atoms with Crippen molar-refractivity contribution in [2.45, 2.75) is 44.2 Å². The van der Waals surface area contributed by atoms with Crippen LogP contribution in [0.2, 0.25) is 0 Å². The number of carbonyl (C=O) groups is 1. The van der Waals surface area contributed by atoms with Crippen LogP contribution < -0.4 is 10.0 Å². The van der Waals surface area contributed by atoms with Gasteiger partial charge >= 0.3 is 5.97 Å². The fraction of sp³-hybridized carbons (Fsp3) is 0.316. The van der Waals surface area contributed by atoms with Gasteiger partial charge in [0, 0.05) is 11.6 Å². The normalized spacial score (nSPS) is 13.2. The molecule has 0 radical (unpaired) electrons. The summed E-state index contributed by atoms with van der Waals surface area (Å²) < 4.78 is 28.5. The largest absolute Gasteiger partial charge is 0.478 e. The van der Waals surface area contributed by atoms with E-state index >= 15 is 0 Å². The average Bonchev–Trinajstić information content (AvgIpc) is 2.53. The summed E-state index contributed by atoms with van der Waals surface area (Å²) in [6, 6.07) is 12.8. The van der Waals surface area contributed by atoms with E-state index in [1.54, 1.807) is 6.92 Å².